The first-order valence-electron chi connectivity index (χ1n) is 11.6. The number of aromatic nitrogens is 2. The zero-order valence-corrected chi connectivity index (χ0v) is 20.1. The van der Waals surface area contributed by atoms with Gasteiger partial charge in [0.1, 0.15) is 23.3 Å². The zero-order chi connectivity index (χ0) is 24.8. The Kier molecular flexibility index (Phi) is 7.31. The molecule has 0 radical (unpaired) electrons. The van der Waals surface area contributed by atoms with Gasteiger partial charge in [0.25, 0.3) is 5.91 Å². The van der Waals surface area contributed by atoms with Gasteiger partial charge in [0.15, 0.2) is 5.82 Å². The molecule has 0 saturated carbocycles. The van der Waals surface area contributed by atoms with Gasteiger partial charge in [-0.3, -0.25) is 15.1 Å². The molecule has 0 aliphatic carbocycles. The first-order chi connectivity index (χ1) is 16.8. The summed E-state index contributed by atoms with van der Waals surface area (Å²) in [5, 5.41) is 15.3. The normalized spacial score (nSPS) is 14.3. The van der Waals surface area contributed by atoms with E-state index in [1.165, 1.54) is 0 Å². The molecule has 1 aliphatic rings. The van der Waals surface area contributed by atoms with E-state index in [4.69, 9.17) is 9.26 Å². The van der Waals surface area contributed by atoms with Crippen LogP contribution in [0.4, 0.5) is 22.0 Å². The second-order valence-electron chi connectivity index (χ2n) is 9.38. The third-order valence-electron chi connectivity index (χ3n) is 5.44. The number of ether oxygens (including phenoxy) is 1. The second kappa shape index (κ2) is 10.6. The Balaban J connectivity index is 1.30. The van der Waals surface area contributed by atoms with Crippen molar-refractivity contribution in [1.82, 2.24) is 15.5 Å². The Hall–Kier alpha value is -3.92. The Bertz CT molecular complexity index is 1160. The van der Waals surface area contributed by atoms with Crippen molar-refractivity contribution in [3.63, 3.8) is 0 Å². The van der Waals surface area contributed by atoms with E-state index in [9.17, 15) is 9.59 Å². The third-order valence-corrected chi connectivity index (χ3v) is 5.44. The molecule has 1 aliphatic heterocycles. The Morgan fingerprint density at radius 3 is 2.34 bits per heavy atom. The lowest BCUT2D eigenvalue weighted by molar-refractivity contribution is 0.102. The number of anilines is 3. The summed E-state index contributed by atoms with van der Waals surface area (Å²) in [5.41, 5.74) is 1.18. The van der Waals surface area contributed by atoms with Gasteiger partial charge in [-0.25, -0.2) is 4.79 Å². The summed E-state index contributed by atoms with van der Waals surface area (Å²) >= 11 is 0. The molecule has 10 heteroatoms. The number of hydrogen-bond donors (Lipinski definition) is 4. The molecule has 3 aromatic rings. The number of nitrogens with zero attached hydrogens (tertiary/aromatic N) is 2. The van der Waals surface area contributed by atoms with Crippen LogP contribution in [0.2, 0.25) is 0 Å². The summed E-state index contributed by atoms with van der Waals surface area (Å²) in [6.07, 6.45) is 3.56. The van der Waals surface area contributed by atoms with Gasteiger partial charge < -0.3 is 25.2 Å². The van der Waals surface area contributed by atoms with Gasteiger partial charge in [-0.05, 0) is 56.3 Å². The summed E-state index contributed by atoms with van der Waals surface area (Å²) in [7, 11) is 0. The van der Waals surface area contributed by atoms with Gasteiger partial charge in [-0.1, -0.05) is 25.9 Å². The van der Waals surface area contributed by atoms with Crippen LogP contribution in [0.15, 0.2) is 53.2 Å². The number of urea groups is 1. The Morgan fingerprint density at radius 2 is 1.69 bits per heavy atom. The number of carbonyl (C=O) groups excluding carboxylic acids is 2. The number of pyridine rings is 1. The average Bonchev–Trinajstić information content (AvgIpc) is 3.30. The molecule has 0 spiro atoms. The molecule has 4 rings (SSSR count). The van der Waals surface area contributed by atoms with Crippen molar-refractivity contribution in [3.05, 3.63) is 60.1 Å². The lowest BCUT2D eigenvalue weighted by Gasteiger charge is -2.23. The van der Waals surface area contributed by atoms with Gasteiger partial charge in [0, 0.05) is 35.1 Å². The number of nitrogens with one attached hydrogen (secondary N) is 4. The number of piperidine rings is 1. The molecule has 1 aromatic carbocycles. The highest BCUT2D eigenvalue weighted by Crippen LogP contribution is 2.24. The molecule has 1 saturated heterocycles. The molecule has 3 heterocycles. The van der Waals surface area contributed by atoms with Crippen molar-refractivity contribution >= 4 is 29.1 Å². The van der Waals surface area contributed by atoms with Crippen LogP contribution in [0.1, 0.15) is 49.9 Å². The van der Waals surface area contributed by atoms with E-state index in [2.05, 4.69) is 31.4 Å². The summed E-state index contributed by atoms with van der Waals surface area (Å²) < 4.78 is 11.3. The summed E-state index contributed by atoms with van der Waals surface area (Å²) in [6, 6.07) is 11.4. The SMILES string of the molecule is CC(C)(C)c1cc(NC(=O)Nc2ccc(NC(=O)c3cc(OC4CCNCC4)ccn3)cc2)no1. The van der Waals surface area contributed by atoms with Crippen LogP contribution >= 0.6 is 0 Å². The highest BCUT2D eigenvalue weighted by atomic mass is 16.5. The van der Waals surface area contributed by atoms with Crippen LogP contribution in [0, 0.1) is 0 Å². The zero-order valence-electron chi connectivity index (χ0n) is 20.1. The quantitative estimate of drug-likeness (QED) is 0.413. The monoisotopic (exact) mass is 478 g/mol. The molecule has 1 fully saturated rings. The summed E-state index contributed by atoms with van der Waals surface area (Å²) in [6.45, 7) is 7.83. The predicted molar refractivity (Wildman–Crippen MR) is 133 cm³/mol. The van der Waals surface area contributed by atoms with Gasteiger partial charge >= 0.3 is 6.03 Å². The molecule has 10 nitrogen and oxygen atoms in total. The van der Waals surface area contributed by atoms with E-state index in [1.54, 1.807) is 48.7 Å². The number of amides is 3. The summed E-state index contributed by atoms with van der Waals surface area (Å²) in [5.74, 6) is 1.28. The maximum Gasteiger partial charge on any atom is 0.324 e. The third kappa shape index (κ3) is 6.80. The van der Waals surface area contributed by atoms with E-state index < -0.39 is 6.03 Å². The first kappa shape index (κ1) is 24.2. The van der Waals surface area contributed by atoms with Crippen molar-refractivity contribution in [3.8, 4) is 5.75 Å². The molecule has 0 atom stereocenters. The van der Waals surface area contributed by atoms with Crippen molar-refractivity contribution in [2.75, 3.05) is 29.0 Å². The van der Waals surface area contributed by atoms with Crippen molar-refractivity contribution < 1.29 is 18.8 Å². The minimum atomic E-state index is -0.453. The highest BCUT2D eigenvalue weighted by Gasteiger charge is 2.20. The van der Waals surface area contributed by atoms with Gasteiger partial charge in [0.2, 0.25) is 0 Å². The second-order valence-corrected chi connectivity index (χ2v) is 9.38. The Morgan fingerprint density at radius 1 is 1.00 bits per heavy atom. The van der Waals surface area contributed by atoms with Crippen LogP contribution in [-0.4, -0.2) is 41.3 Å². The minimum absolute atomic E-state index is 0.136. The standard InChI is InChI=1S/C25H30N6O4/c1-25(2,3)21-15-22(31-35-21)30-24(33)29-17-6-4-16(5-7-17)28-23(32)20-14-19(10-13-27-20)34-18-8-11-26-12-9-18/h4-7,10,13-15,18,26H,8-9,11-12H2,1-3H3,(H,28,32)(H2,29,30,31,33). The maximum atomic E-state index is 12.7. The van der Waals surface area contributed by atoms with Gasteiger partial charge in [-0.2, -0.15) is 0 Å². The Labute approximate surface area is 203 Å². The molecule has 184 valence electrons. The number of hydrogen-bond acceptors (Lipinski definition) is 7. The fourth-order valence-electron chi connectivity index (χ4n) is 3.51. The molecule has 35 heavy (non-hydrogen) atoms. The van der Waals surface area contributed by atoms with E-state index >= 15 is 0 Å². The van der Waals surface area contributed by atoms with Crippen molar-refractivity contribution in [2.45, 2.75) is 45.1 Å². The fraction of sp³-hybridized carbons (Fsp3) is 0.360. The highest BCUT2D eigenvalue weighted by molar-refractivity contribution is 6.03. The maximum absolute atomic E-state index is 12.7. The van der Waals surface area contributed by atoms with E-state index in [0.29, 0.717) is 28.7 Å². The van der Waals surface area contributed by atoms with Crippen molar-refractivity contribution in [2.24, 2.45) is 0 Å². The molecular formula is C25H30N6O4. The number of rotatable bonds is 6. The fourth-order valence-corrected chi connectivity index (χ4v) is 3.51. The van der Waals surface area contributed by atoms with Crippen LogP contribution in [0.5, 0.6) is 5.75 Å². The van der Waals surface area contributed by atoms with E-state index in [0.717, 1.165) is 25.9 Å². The smallest absolute Gasteiger partial charge is 0.324 e. The van der Waals surface area contributed by atoms with Crippen LogP contribution in [0.25, 0.3) is 0 Å². The molecule has 0 unspecified atom stereocenters. The number of carbonyl (C=O) groups is 2. The van der Waals surface area contributed by atoms with Crippen LogP contribution < -0.4 is 26.0 Å². The predicted octanol–water partition coefficient (Wildman–Crippen LogP) is 4.39. The lowest BCUT2D eigenvalue weighted by Crippen LogP contribution is -2.34. The molecule has 4 N–H and O–H groups in total. The largest absolute Gasteiger partial charge is 0.490 e. The van der Waals surface area contributed by atoms with Crippen LogP contribution in [-0.2, 0) is 5.41 Å². The van der Waals surface area contributed by atoms with E-state index in [1.807, 2.05) is 20.8 Å². The summed E-state index contributed by atoms with van der Waals surface area (Å²) in [4.78, 5) is 29.1. The first-order valence-corrected chi connectivity index (χ1v) is 11.6. The topological polar surface area (TPSA) is 130 Å². The van der Waals surface area contributed by atoms with E-state index in [-0.39, 0.29) is 23.1 Å². The minimum Gasteiger partial charge on any atom is -0.490 e. The van der Waals surface area contributed by atoms with Crippen LogP contribution in [0.3, 0.4) is 0 Å². The number of benzene rings is 1. The molecule has 3 amide bonds. The molecular weight excluding hydrogens is 448 g/mol. The molecule has 2 aromatic heterocycles. The van der Waals surface area contributed by atoms with Crippen molar-refractivity contribution in [1.29, 1.82) is 0 Å². The van der Waals surface area contributed by atoms with Gasteiger partial charge in [0.05, 0.1) is 0 Å². The lowest BCUT2D eigenvalue weighted by atomic mass is 9.93. The molecule has 0 bridgehead atoms. The average molecular weight is 479 g/mol. The van der Waals surface area contributed by atoms with Gasteiger partial charge in [-0.15, -0.1) is 0 Å².